The Hall–Kier alpha value is -0.770. The Labute approximate surface area is 120 Å². The van der Waals surface area contributed by atoms with Crippen molar-refractivity contribution < 1.29 is 9.90 Å². The van der Waals surface area contributed by atoms with Gasteiger partial charge >= 0.3 is 0 Å². The van der Waals surface area contributed by atoms with Crippen LogP contribution in [0.25, 0.3) is 0 Å². The molecule has 0 aromatic rings. The molecule has 1 rings (SSSR count). The van der Waals surface area contributed by atoms with Gasteiger partial charge < -0.3 is 10.5 Å². The van der Waals surface area contributed by atoms with Gasteiger partial charge in [0.2, 0.25) is 0 Å². The molecule has 1 saturated carbocycles. The van der Waals surface area contributed by atoms with E-state index in [-0.39, 0.29) is 17.5 Å². The number of carbonyl (C=O) groups is 1. The maximum atomic E-state index is 12.1. The molecule has 0 spiro atoms. The topological polar surface area (TPSA) is 61.1 Å². The molecule has 108 valence electrons. The molecular formula is C15H25NO2S. The summed E-state index contributed by atoms with van der Waals surface area (Å²) in [5, 5.41) is 18.4. The molecule has 1 fully saturated rings. The van der Waals surface area contributed by atoms with Gasteiger partial charge in [-0.15, -0.1) is 0 Å². The van der Waals surface area contributed by atoms with Crippen molar-refractivity contribution in [2.75, 3.05) is 5.75 Å². The summed E-state index contributed by atoms with van der Waals surface area (Å²) in [6, 6.07) is 0. The highest BCUT2D eigenvalue weighted by atomic mass is 32.2. The standard InChI is InChI=1S/C15H25NO2S/c1-4-6-13(17)15-12(16)8-11(9-14(15)18)7-10(3)19-5-2/h10-11,16-17H,4-9H2,1-3H3/b15-13-,16-12?. The van der Waals surface area contributed by atoms with Crippen LogP contribution in [0.5, 0.6) is 0 Å². The fraction of sp³-hybridized carbons (Fsp3) is 0.733. The van der Waals surface area contributed by atoms with Crippen LogP contribution in [0, 0.1) is 11.3 Å². The molecule has 4 heteroatoms. The van der Waals surface area contributed by atoms with E-state index in [0.29, 0.717) is 35.8 Å². The van der Waals surface area contributed by atoms with E-state index in [4.69, 9.17) is 5.41 Å². The number of aliphatic hydroxyl groups excluding tert-OH is 1. The molecule has 0 amide bonds. The van der Waals surface area contributed by atoms with Crippen LogP contribution in [-0.4, -0.2) is 27.6 Å². The maximum Gasteiger partial charge on any atom is 0.168 e. The Bertz CT molecular complexity index is 356. The summed E-state index contributed by atoms with van der Waals surface area (Å²) in [4.78, 5) is 12.1. The number of hydrogen-bond acceptors (Lipinski definition) is 4. The van der Waals surface area contributed by atoms with Gasteiger partial charge in [-0.1, -0.05) is 20.8 Å². The molecule has 0 aliphatic heterocycles. The van der Waals surface area contributed by atoms with Crippen LogP contribution in [0.1, 0.15) is 52.9 Å². The molecule has 2 atom stereocenters. The fourth-order valence-corrected chi connectivity index (χ4v) is 3.66. The van der Waals surface area contributed by atoms with Crippen molar-refractivity contribution in [3.63, 3.8) is 0 Å². The molecule has 1 aliphatic rings. The largest absolute Gasteiger partial charge is 0.511 e. The molecule has 0 bridgehead atoms. The Kier molecular flexibility index (Phi) is 6.63. The zero-order valence-corrected chi connectivity index (χ0v) is 13.0. The van der Waals surface area contributed by atoms with Crippen molar-refractivity contribution in [3.05, 3.63) is 11.3 Å². The summed E-state index contributed by atoms with van der Waals surface area (Å²) < 4.78 is 0. The number of hydrogen-bond donors (Lipinski definition) is 2. The first-order chi connectivity index (χ1) is 8.99. The quantitative estimate of drug-likeness (QED) is 0.569. The third-order valence-corrected chi connectivity index (χ3v) is 4.53. The molecule has 2 N–H and O–H groups in total. The highest BCUT2D eigenvalue weighted by molar-refractivity contribution is 7.99. The number of rotatable bonds is 6. The van der Waals surface area contributed by atoms with Gasteiger partial charge in [-0.3, -0.25) is 4.79 Å². The predicted molar refractivity (Wildman–Crippen MR) is 82.2 cm³/mol. The molecule has 3 nitrogen and oxygen atoms in total. The van der Waals surface area contributed by atoms with Gasteiger partial charge in [0.1, 0.15) is 5.76 Å². The molecule has 0 radical (unpaired) electrons. The second-order valence-corrected chi connectivity index (χ2v) is 6.96. The van der Waals surface area contributed by atoms with Crippen molar-refractivity contribution in [3.8, 4) is 0 Å². The summed E-state index contributed by atoms with van der Waals surface area (Å²) >= 11 is 1.90. The minimum absolute atomic E-state index is 0.0408. The first kappa shape index (κ1) is 16.3. The lowest BCUT2D eigenvalue weighted by molar-refractivity contribution is -0.116. The van der Waals surface area contributed by atoms with E-state index in [2.05, 4.69) is 13.8 Å². The van der Waals surface area contributed by atoms with Crippen LogP contribution < -0.4 is 0 Å². The summed E-state index contributed by atoms with van der Waals surface area (Å²) in [7, 11) is 0. The minimum atomic E-state index is -0.0408. The summed E-state index contributed by atoms with van der Waals surface area (Å²) in [6.45, 7) is 6.28. The van der Waals surface area contributed by atoms with E-state index in [1.54, 1.807) is 0 Å². The van der Waals surface area contributed by atoms with Crippen molar-refractivity contribution in [1.82, 2.24) is 0 Å². The number of aliphatic hydroxyl groups is 1. The van der Waals surface area contributed by atoms with Crippen LogP contribution in [0.2, 0.25) is 0 Å². The first-order valence-electron chi connectivity index (χ1n) is 7.14. The first-order valence-corrected chi connectivity index (χ1v) is 8.19. The molecule has 1 aliphatic carbocycles. The Morgan fingerprint density at radius 1 is 1.47 bits per heavy atom. The molecule has 0 heterocycles. The number of allylic oxidation sites excluding steroid dienone is 2. The number of thioether (sulfide) groups is 1. The third-order valence-electron chi connectivity index (χ3n) is 3.44. The number of nitrogens with one attached hydrogen (secondary N) is 1. The second-order valence-electron chi connectivity index (χ2n) is 5.25. The lowest BCUT2D eigenvalue weighted by Gasteiger charge is -2.26. The monoisotopic (exact) mass is 283 g/mol. The van der Waals surface area contributed by atoms with E-state index < -0.39 is 0 Å². The summed E-state index contributed by atoms with van der Waals surface area (Å²) in [5.41, 5.74) is 0.634. The summed E-state index contributed by atoms with van der Waals surface area (Å²) in [5.74, 6) is 1.43. The van der Waals surface area contributed by atoms with Gasteiger partial charge in [0.05, 0.1) is 5.57 Å². The van der Waals surface area contributed by atoms with Gasteiger partial charge in [0, 0.05) is 23.8 Å². The molecule has 2 unspecified atom stereocenters. The molecule has 0 aromatic heterocycles. The number of ketones is 1. The smallest absolute Gasteiger partial charge is 0.168 e. The molecule has 0 saturated heterocycles. The van der Waals surface area contributed by atoms with Crippen molar-refractivity contribution >= 4 is 23.3 Å². The lowest BCUT2D eigenvalue weighted by atomic mass is 9.80. The highest BCUT2D eigenvalue weighted by Gasteiger charge is 2.31. The lowest BCUT2D eigenvalue weighted by Crippen LogP contribution is -2.28. The van der Waals surface area contributed by atoms with E-state index >= 15 is 0 Å². The number of Topliss-reactive ketones (excluding diaryl/α,β-unsaturated/α-hetero) is 1. The van der Waals surface area contributed by atoms with Crippen LogP contribution in [0.3, 0.4) is 0 Å². The van der Waals surface area contributed by atoms with Crippen LogP contribution in [0.4, 0.5) is 0 Å². The maximum absolute atomic E-state index is 12.1. The van der Waals surface area contributed by atoms with Gasteiger partial charge in [0.25, 0.3) is 0 Å². The molecule has 19 heavy (non-hydrogen) atoms. The van der Waals surface area contributed by atoms with Crippen LogP contribution >= 0.6 is 11.8 Å². The van der Waals surface area contributed by atoms with Gasteiger partial charge in [-0.05, 0) is 30.9 Å². The average molecular weight is 283 g/mol. The van der Waals surface area contributed by atoms with E-state index in [1.165, 1.54) is 0 Å². The van der Waals surface area contributed by atoms with Crippen molar-refractivity contribution in [1.29, 1.82) is 5.41 Å². The normalized spacial score (nSPS) is 24.5. The second kappa shape index (κ2) is 7.73. The highest BCUT2D eigenvalue weighted by Crippen LogP contribution is 2.31. The SMILES string of the molecule is CCC/C(O)=C1\C(=N)CC(CC(C)SCC)CC1=O. The van der Waals surface area contributed by atoms with E-state index in [0.717, 1.165) is 18.6 Å². The van der Waals surface area contributed by atoms with E-state index in [1.807, 2.05) is 18.7 Å². The molecular weight excluding hydrogens is 258 g/mol. The third kappa shape index (κ3) is 4.68. The minimum Gasteiger partial charge on any atom is -0.511 e. The van der Waals surface area contributed by atoms with Crippen LogP contribution in [0.15, 0.2) is 11.3 Å². The Balaban J connectivity index is 2.69. The number of carbonyl (C=O) groups excluding carboxylic acids is 1. The van der Waals surface area contributed by atoms with Crippen molar-refractivity contribution in [2.24, 2.45) is 5.92 Å². The van der Waals surface area contributed by atoms with Crippen LogP contribution in [-0.2, 0) is 4.79 Å². The zero-order chi connectivity index (χ0) is 14.4. The van der Waals surface area contributed by atoms with Gasteiger partial charge in [-0.2, -0.15) is 11.8 Å². The van der Waals surface area contributed by atoms with Gasteiger partial charge in [0.15, 0.2) is 5.78 Å². The Morgan fingerprint density at radius 2 is 2.16 bits per heavy atom. The van der Waals surface area contributed by atoms with Crippen molar-refractivity contribution in [2.45, 2.75) is 58.1 Å². The Morgan fingerprint density at radius 3 is 2.68 bits per heavy atom. The predicted octanol–water partition coefficient (Wildman–Crippen LogP) is 4.13. The summed E-state index contributed by atoms with van der Waals surface area (Å²) in [6.07, 6.45) is 3.39. The molecule has 0 aromatic carbocycles. The van der Waals surface area contributed by atoms with E-state index in [9.17, 15) is 9.90 Å². The van der Waals surface area contributed by atoms with Gasteiger partial charge in [-0.25, -0.2) is 0 Å². The average Bonchev–Trinajstić information content (AvgIpc) is 2.28. The fourth-order valence-electron chi connectivity index (χ4n) is 2.68. The zero-order valence-electron chi connectivity index (χ0n) is 12.2.